The molecule has 0 unspecified atom stereocenters. The van der Waals surface area contributed by atoms with Gasteiger partial charge in [0, 0.05) is 5.69 Å². The Morgan fingerprint density at radius 1 is 0.967 bits per heavy atom. The maximum atomic E-state index is 12.6. The van der Waals surface area contributed by atoms with E-state index in [9.17, 15) is 18.0 Å². The van der Waals surface area contributed by atoms with Gasteiger partial charge in [-0.25, -0.2) is 12.7 Å². The normalized spacial score (nSPS) is 14.3. The Morgan fingerprint density at radius 3 is 2.40 bits per heavy atom. The van der Waals surface area contributed by atoms with Crippen molar-refractivity contribution in [1.82, 2.24) is 4.31 Å². The Labute approximate surface area is 174 Å². The molecule has 0 aromatic heterocycles. The Bertz CT molecular complexity index is 1250. The molecule has 0 atom stereocenters. The van der Waals surface area contributed by atoms with Gasteiger partial charge < -0.3 is 10.1 Å². The van der Waals surface area contributed by atoms with Crippen molar-refractivity contribution in [2.24, 2.45) is 0 Å². The third-order valence-corrected chi connectivity index (χ3v) is 6.54. The first kappa shape index (κ1) is 19.7. The van der Waals surface area contributed by atoms with Crippen LogP contribution in [0.3, 0.4) is 0 Å². The van der Waals surface area contributed by atoms with Crippen LogP contribution in [0, 0.1) is 0 Å². The molecule has 0 aliphatic carbocycles. The van der Waals surface area contributed by atoms with Gasteiger partial charge in [0.25, 0.3) is 15.9 Å². The number of carbonyl (C=O) groups is 2. The van der Waals surface area contributed by atoms with Crippen LogP contribution >= 0.6 is 0 Å². The van der Waals surface area contributed by atoms with Gasteiger partial charge in [-0.1, -0.05) is 36.4 Å². The molecule has 3 aromatic rings. The second-order valence-electron chi connectivity index (χ2n) is 6.67. The van der Waals surface area contributed by atoms with Crippen LogP contribution in [0.4, 0.5) is 5.69 Å². The lowest BCUT2D eigenvalue weighted by molar-refractivity contribution is -0.116. The second kappa shape index (κ2) is 7.64. The second-order valence-corrected chi connectivity index (χ2v) is 8.50. The first-order valence-electron chi connectivity index (χ1n) is 9.10. The van der Waals surface area contributed by atoms with Crippen LogP contribution < -0.4 is 10.1 Å². The van der Waals surface area contributed by atoms with Crippen LogP contribution in [0.1, 0.15) is 10.4 Å². The van der Waals surface area contributed by atoms with E-state index in [0.29, 0.717) is 15.7 Å². The van der Waals surface area contributed by atoms with Crippen LogP contribution in [-0.2, 0) is 14.8 Å². The lowest BCUT2D eigenvalue weighted by Crippen LogP contribution is -2.37. The van der Waals surface area contributed by atoms with Crippen LogP contribution in [0.2, 0.25) is 0 Å². The van der Waals surface area contributed by atoms with Gasteiger partial charge >= 0.3 is 0 Å². The van der Waals surface area contributed by atoms with Crippen molar-refractivity contribution in [3.63, 3.8) is 0 Å². The number of ether oxygens (including phenoxy) is 1. The molecule has 7 nitrogen and oxygen atoms in total. The number of rotatable bonds is 5. The number of nitrogens with one attached hydrogen (secondary N) is 1. The van der Waals surface area contributed by atoms with Gasteiger partial charge in [0.1, 0.15) is 17.2 Å². The smallest absolute Gasteiger partial charge is 0.269 e. The predicted molar refractivity (Wildman–Crippen MR) is 112 cm³/mol. The first-order chi connectivity index (χ1) is 14.4. The zero-order valence-corrected chi connectivity index (χ0v) is 16.8. The van der Waals surface area contributed by atoms with Crippen LogP contribution in [-0.4, -0.2) is 38.2 Å². The Hall–Kier alpha value is -3.65. The summed E-state index contributed by atoms with van der Waals surface area (Å²) >= 11 is 0. The van der Waals surface area contributed by atoms with Gasteiger partial charge in [0.2, 0.25) is 5.91 Å². The number of methoxy groups -OCH3 is 1. The van der Waals surface area contributed by atoms with Gasteiger partial charge in [-0.2, -0.15) is 0 Å². The summed E-state index contributed by atoms with van der Waals surface area (Å²) in [6, 6.07) is 20.5. The van der Waals surface area contributed by atoms with E-state index in [4.69, 9.17) is 4.74 Å². The number of amides is 2. The molecule has 0 fully saturated rings. The van der Waals surface area contributed by atoms with Crippen molar-refractivity contribution in [1.29, 1.82) is 0 Å². The summed E-state index contributed by atoms with van der Waals surface area (Å²) in [5.74, 6) is -0.604. The van der Waals surface area contributed by atoms with E-state index in [1.807, 2.05) is 30.3 Å². The van der Waals surface area contributed by atoms with Crippen LogP contribution in [0.25, 0.3) is 11.1 Å². The molecule has 1 heterocycles. The number of carbonyl (C=O) groups excluding carboxylic acids is 2. The van der Waals surface area contributed by atoms with E-state index in [1.165, 1.54) is 18.2 Å². The van der Waals surface area contributed by atoms with Gasteiger partial charge in [-0.15, -0.1) is 0 Å². The Kier molecular flexibility index (Phi) is 5.01. The average Bonchev–Trinajstić information content (AvgIpc) is 2.95. The fourth-order valence-electron chi connectivity index (χ4n) is 3.30. The number of hydrogen-bond acceptors (Lipinski definition) is 5. The SMILES string of the molecule is COc1cccc(-c2cccc(NC(=O)CN3C(=O)c4ccccc4S3(=O)=O)c2)c1. The molecule has 8 heteroatoms. The highest BCUT2D eigenvalue weighted by Gasteiger charge is 2.41. The van der Waals surface area contributed by atoms with Crippen molar-refractivity contribution >= 4 is 27.5 Å². The Morgan fingerprint density at radius 2 is 1.67 bits per heavy atom. The summed E-state index contributed by atoms with van der Waals surface area (Å²) in [4.78, 5) is 24.9. The first-order valence-corrected chi connectivity index (χ1v) is 10.5. The Balaban J connectivity index is 1.52. The minimum Gasteiger partial charge on any atom is -0.497 e. The number of sulfonamides is 1. The fourth-order valence-corrected chi connectivity index (χ4v) is 4.82. The molecule has 0 saturated carbocycles. The zero-order chi connectivity index (χ0) is 21.3. The molecule has 4 rings (SSSR count). The molecule has 0 radical (unpaired) electrons. The van der Waals surface area contributed by atoms with Crippen LogP contribution in [0.5, 0.6) is 5.75 Å². The third-order valence-electron chi connectivity index (χ3n) is 4.75. The maximum Gasteiger partial charge on any atom is 0.269 e. The summed E-state index contributed by atoms with van der Waals surface area (Å²) in [7, 11) is -2.45. The van der Waals surface area contributed by atoms with Crippen molar-refractivity contribution < 1.29 is 22.7 Å². The molecule has 3 aromatic carbocycles. The topological polar surface area (TPSA) is 92.8 Å². The van der Waals surface area contributed by atoms with Crippen LogP contribution in [0.15, 0.2) is 77.7 Å². The molecule has 0 saturated heterocycles. The molecule has 1 N–H and O–H groups in total. The largest absolute Gasteiger partial charge is 0.497 e. The molecule has 2 amide bonds. The lowest BCUT2D eigenvalue weighted by atomic mass is 10.0. The highest BCUT2D eigenvalue weighted by molar-refractivity contribution is 7.90. The zero-order valence-electron chi connectivity index (χ0n) is 16.0. The number of nitrogens with zero attached hydrogens (tertiary/aromatic N) is 1. The number of fused-ring (bicyclic) bond motifs is 1. The standard InChI is InChI=1S/C22H18N2O5S/c1-29-18-9-5-7-16(13-18)15-6-4-8-17(12-15)23-21(25)14-24-22(26)19-10-2-3-11-20(19)30(24,27)28/h2-13H,14H2,1H3,(H,23,25). The average molecular weight is 422 g/mol. The van der Waals surface area contributed by atoms with Gasteiger partial charge in [-0.05, 0) is 47.5 Å². The highest BCUT2D eigenvalue weighted by atomic mass is 32.2. The van der Waals surface area contributed by atoms with E-state index < -0.39 is 28.4 Å². The summed E-state index contributed by atoms with van der Waals surface area (Å²) in [5, 5.41) is 2.66. The monoisotopic (exact) mass is 422 g/mol. The molecule has 30 heavy (non-hydrogen) atoms. The van der Waals surface area contributed by atoms with E-state index in [0.717, 1.165) is 11.1 Å². The number of benzene rings is 3. The molecule has 152 valence electrons. The predicted octanol–water partition coefficient (Wildman–Crippen LogP) is 3.15. The molecule has 0 bridgehead atoms. The van der Waals surface area contributed by atoms with E-state index >= 15 is 0 Å². The molecule has 1 aliphatic rings. The lowest BCUT2D eigenvalue weighted by Gasteiger charge is -2.15. The fraction of sp³-hybridized carbons (Fsp3) is 0.0909. The highest BCUT2D eigenvalue weighted by Crippen LogP contribution is 2.30. The minimum atomic E-state index is -4.03. The van der Waals surface area contributed by atoms with Crippen molar-refractivity contribution in [3.05, 3.63) is 78.4 Å². The van der Waals surface area contributed by atoms with E-state index in [1.54, 1.807) is 31.4 Å². The number of hydrogen-bond donors (Lipinski definition) is 1. The van der Waals surface area contributed by atoms with Gasteiger partial charge in [0.05, 0.1) is 12.7 Å². The summed E-state index contributed by atoms with van der Waals surface area (Å²) in [6.07, 6.45) is 0. The molecular weight excluding hydrogens is 404 g/mol. The maximum absolute atomic E-state index is 12.6. The summed E-state index contributed by atoms with van der Waals surface area (Å²) < 4.78 is 31.0. The van der Waals surface area contributed by atoms with E-state index in [-0.39, 0.29) is 10.5 Å². The number of anilines is 1. The van der Waals surface area contributed by atoms with Crippen molar-refractivity contribution in [2.45, 2.75) is 4.90 Å². The van der Waals surface area contributed by atoms with Gasteiger partial charge in [0.15, 0.2) is 0 Å². The van der Waals surface area contributed by atoms with Crippen molar-refractivity contribution in [2.75, 3.05) is 19.0 Å². The summed E-state index contributed by atoms with van der Waals surface area (Å²) in [6.45, 7) is -0.598. The quantitative estimate of drug-likeness (QED) is 0.682. The molecule has 1 aliphatic heterocycles. The van der Waals surface area contributed by atoms with E-state index in [2.05, 4.69) is 5.32 Å². The molecule has 0 spiro atoms. The van der Waals surface area contributed by atoms with Crippen molar-refractivity contribution in [3.8, 4) is 16.9 Å². The van der Waals surface area contributed by atoms with Gasteiger partial charge in [-0.3, -0.25) is 9.59 Å². The molecular formula is C22H18N2O5S. The third kappa shape index (κ3) is 3.53. The summed E-state index contributed by atoms with van der Waals surface area (Å²) in [5.41, 5.74) is 2.31. The minimum absolute atomic E-state index is 0.0744.